The van der Waals surface area contributed by atoms with Crippen LogP contribution in [-0.4, -0.2) is 37.3 Å². The molecule has 1 saturated carbocycles. The van der Waals surface area contributed by atoms with Gasteiger partial charge in [-0.1, -0.05) is 18.2 Å². The van der Waals surface area contributed by atoms with E-state index in [0.29, 0.717) is 17.5 Å². The molecule has 0 atom stereocenters. The molecule has 1 aromatic heterocycles. The van der Waals surface area contributed by atoms with Crippen LogP contribution in [0.3, 0.4) is 0 Å². The number of carbonyl (C=O) groups is 1. The second kappa shape index (κ2) is 6.71. The van der Waals surface area contributed by atoms with Gasteiger partial charge in [-0.05, 0) is 30.5 Å². The van der Waals surface area contributed by atoms with Crippen LogP contribution >= 0.6 is 10.6 Å². The van der Waals surface area contributed by atoms with Gasteiger partial charge in [-0.15, -0.1) is 0 Å². The monoisotopic (exact) mass is 373 g/mol. The fourth-order valence-corrected chi connectivity index (χ4v) is 3.87. The van der Waals surface area contributed by atoms with Crippen LogP contribution in [0, 0.1) is 0 Å². The standard InChI is InChI=1S/C18H19N3O4S/c22-17(20-8-12-10-26(23,24)11-12)15-9-19-16(13-6-7-13)21-18(15)25-14-4-2-1-3-5-14/h1-5,9-10,13,23-24H,6-8,11H2,(H,20,22). The molecular formula is C18H19N3O4S. The summed E-state index contributed by atoms with van der Waals surface area (Å²) >= 11 is 0. The predicted molar refractivity (Wildman–Crippen MR) is 98.7 cm³/mol. The Labute approximate surface area is 152 Å². The summed E-state index contributed by atoms with van der Waals surface area (Å²) in [6.07, 6.45) is 3.60. The zero-order chi connectivity index (χ0) is 18.1. The minimum atomic E-state index is -2.56. The fourth-order valence-electron chi connectivity index (χ4n) is 2.65. The molecule has 1 aliphatic heterocycles. The largest absolute Gasteiger partial charge is 0.438 e. The van der Waals surface area contributed by atoms with Crippen molar-refractivity contribution in [2.75, 3.05) is 12.3 Å². The Hall–Kier alpha value is -2.42. The van der Waals surface area contributed by atoms with Gasteiger partial charge in [0.25, 0.3) is 5.91 Å². The third kappa shape index (κ3) is 3.87. The van der Waals surface area contributed by atoms with Gasteiger partial charge < -0.3 is 10.1 Å². The lowest BCUT2D eigenvalue weighted by Crippen LogP contribution is -2.30. The Morgan fingerprint density at radius 1 is 1.27 bits per heavy atom. The maximum absolute atomic E-state index is 12.5. The number of aromatic nitrogens is 2. The van der Waals surface area contributed by atoms with Crippen molar-refractivity contribution in [2.45, 2.75) is 18.8 Å². The first-order valence-electron chi connectivity index (χ1n) is 8.33. The first-order chi connectivity index (χ1) is 12.5. The van der Waals surface area contributed by atoms with Crippen molar-refractivity contribution < 1.29 is 18.6 Å². The van der Waals surface area contributed by atoms with Crippen LogP contribution in [0.1, 0.15) is 34.9 Å². The lowest BCUT2D eigenvalue weighted by Gasteiger charge is -2.38. The highest BCUT2D eigenvalue weighted by Gasteiger charge is 2.29. The maximum atomic E-state index is 12.5. The summed E-state index contributed by atoms with van der Waals surface area (Å²) in [4.78, 5) is 21.3. The molecule has 4 rings (SSSR count). The van der Waals surface area contributed by atoms with E-state index in [-0.39, 0.29) is 29.6 Å². The Bertz CT molecular complexity index is 866. The molecule has 26 heavy (non-hydrogen) atoms. The minimum absolute atomic E-state index is 0.206. The van der Waals surface area contributed by atoms with E-state index in [9.17, 15) is 13.9 Å². The van der Waals surface area contributed by atoms with Crippen molar-refractivity contribution in [3.8, 4) is 11.6 Å². The van der Waals surface area contributed by atoms with Gasteiger partial charge in [-0.25, -0.2) is 4.98 Å². The van der Waals surface area contributed by atoms with Crippen molar-refractivity contribution in [2.24, 2.45) is 0 Å². The average molecular weight is 373 g/mol. The Balaban J connectivity index is 1.53. The Morgan fingerprint density at radius 3 is 2.65 bits per heavy atom. The minimum Gasteiger partial charge on any atom is -0.438 e. The summed E-state index contributed by atoms with van der Waals surface area (Å²) < 4.78 is 24.6. The van der Waals surface area contributed by atoms with E-state index in [1.807, 2.05) is 18.2 Å². The SMILES string of the molecule is O=C(NCC1=CS(O)(O)C1)c1cnc(C2CC2)nc1Oc1ccccc1. The Morgan fingerprint density at radius 2 is 2.00 bits per heavy atom. The maximum Gasteiger partial charge on any atom is 0.258 e. The van der Waals surface area contributed by atoms with Crippen molar-refractivity contribution in [1.82, 2.24) is 15.3 Å². The molecule has 8 heteroatoms. The van der Waals surface area contributed by atoms with E-state index in [1.165, 1.54) is 11.6 Å². The number of rotatable bonds is 6. The van der Waals surface area contributed by atoms with Gasteiger partial charge in [0.1, 0.15) is 17.1 Å². The molecule has 3 N–H and O–H groups in total. The summed E-state index contributed by atoms with van der Waals surface area (Å²) in [5, 5.41) is 4.16. The Kier molecular flexibility index (Phi) is 4.39. The lowest BCUT2D eigenvalue weighted by atomic mass is 10.2. The average Bonchev–Trinajstić information content (AvgIpc) is 3.44. The van der Waals surface area contributed by atoms with Crippen molar-refractivity contribution >= 4 is 16.5 Å². The predicted octanol–water partition coefficient (Wildman–Crippen LogP) is 3.52. The molecule has 0 spiro atoms. The number of amides is 1. The van der Waals surface area contributed by atoms with Gasteiger partial charge >= 0.3 is 0 Å². The van der Waals surface area contributed by atoms with Crippen molar-refractivity contribution in [3.63, 3.8) is 0 Å². The second-order valence-corrected chi connectivity index (χ2v) is 8.42. The molecule has 2 heterocycles. The molecule has 2 aliphatic rings. The summed E-state index contributed by atoms with van der Waals surface area (Å²) in [5.41, 5.74) is 1.05. The summed E-state index contributed by atoms with van der Waals surface area (Å²) in [6.45, 7) is 0.254. The molecule has 1 aromatic carbocycles. The first-order valence-corrected chi connectivity index (χ1v) is 10.1. The van der Waals surface area contributed by atoms with Crippen LogP contribution in [0.2, 0.25) is 0 Å². The van der Waals surface area contributed by atoms with E-state index in [0.717, 1.165) is 18.4 Å². The summed E-state index contributed by atoms with van der Waals surface area (Å²) in [5.74, 6) is 1.72. The fraction of sp³-hybridized carbons (Fsp3) is 0.278. The van der Waals surface area contributed by atoms with Crippen LogP contribution in [-0.2, 0) is 0 Å². The third-order valence-electron chi connectivity index (χ3n) is 4.15. The molecule has 1 aliphatic carbocycles. The van der Waals surface area contributed by atoms with Crippen LogP contribution in [0.5, 0.6) is 11.6 Å². The lowest BCUT2D eigenvalue weighted by molar-refractivity contribution is 0.0953. The molecular weight excluding hydrogens is 354 g/mol. The number of hydrogen-bond acceptors (Lipinski definition) is 6. The summed E-state index contributed by atoms with van der Waals surface area (Å²) in [7, 11) is -2.56. The highest BCUT2D eigenvalue weighted by atomic mass is 32.3. The molecule has 2 aromatic rings. The van der Waals surface area contributed by atoms with Gasteiger partial charge in [0, 0.05) is 24.1 Å². The smallest absolute Gasteiger partial charge is 0.258 e. The molecule has 0 bridgehead atoms. The normalized spacial score (nSPS) is 19.1. The molecule has 7 nitrogen and oxygen atoms in total. The van der Waals surface area contributed by atoms with E-state index >= 15 is 0 Å². The summed E-state index contributed by atoms with van der Waals surface area (Å²) in [6, 6.07) is 9.17. The quantitative estimate of drug-likeness (QED) is 0.715. The number of hydrogen-bond donors (Lipinski definition) is 3. The van der Waals surface area contributed by atoms with E-state index in [4.69, 9.17) is 4.74 Å². The van der Waals surface area contributed by atoms with Gasteiger partial charge in [-0.3, -0.25) is 13.9 Å². The topological polar surface area (TPSA) is 105 Å². The van der Waals surface area contributed by atoms with E-state index in [2.05, 4.69) is 15.3 Å². The van der Waals surface area contributed by atoms with Crippen LogP contribution in [0.15, 0.2) is 47.5 Å². The van der Waals surface area contributed by atoms with Gasteiger partial charge in [0.2, 0.25) is 5.88 Å². The van der Waals surface area contributed by atoms with Gasteiger partial charge in [0.15, 0.2) is 0 Å². The third-order valence-corrected chi connectivity index (χ3v) is 5.65. The van der Waals surface area contributed by atoms with Crippen LogP contribution < -0.4 is 10.1 Å². The van der Waals surface area contributed by atoms with Gasteiger partial charge in [-0.2, -0.15) is 15.6 Å². The zero-order valence-electron chi connectivity index (χ0n) is 14.0. The number of carbonyl (C=O) groups excluding carboxylic acids is 1. The van der Waals surface area contributed by atoms with Gasteiger partial charge in [0.05, 0.1) is 5.75 Å². The van der Waals surface area contributed by atoms with Crippen molar-refractivity contribution in [1.29, 1.82) is 0 Å². The number of nitrogens with one attached hydrogen (secondary N) is 1. The number of nitrogens with zero attached hydrogens (tertiary/aromatic N) is 2. The number of ether oxygens (including phenoxy) is 1. The molecule has 1 fully saturated rings. The zero-order valence-corrected chi connectivity index (χ0v) is 14.8. The van der Waals surface area contributed by atoms with Crippen LogP contribution in [0.25, 0.3) is 0 Å². The molecule has 0 unspecified atom stereocenters. The van der Waals surface area contributed by atoms with E-state index in [1.54, 1.807) is 12.1 Å². The molecule has 0 saturated heterocycles. The van der Waals surface area contributed by atoms with Crippen LogP contribution in [0.4, 0.5) is 0 Å². The first kappa shape index (κ1) is 17.0. The van der Waals surface area contributed by atoms with E-state index < -0.39 is 10.6 Å². The molecule has 136 valence electrons. The number of para-hydroxylation sites is 1. The highest BCUT2D eigenvalue weighted by Crippen LogP contribution is 2.50. The van der Waals surface area contributed by atoms with Crippen molar-refractivity contribution in [3.05, 3.63) is 58.9 Å². The molecule has 1 amide bonds. The highest BCUT2D eigenvalue weighted by molar-refractivity contribution is 8.28. The number of benzene rings is 1. The second-order valence-electron chi connectivity index (χ2n) is 6.46. The molecule has 0 radical (unpaired) electrons.